The molecule has 1 aromatic carbocycles. The Kier molecular flexibility index (Phi) is 7.29. The standard InChI is InChI=1S/C29H27N7O2S/c37-27-26(39-29(38)35-27)15-21-7-12-32-28(34-21)36-13-9-19(10-14-36)16-31-18-22-4-2-6-25(33-22)24-5-1-3-20-17-30-11-8-23(20)24/h1-8,11-12,15,17,19,31H,9-10,13-14,16,18H2,(H,35,37,38)/b26-15-. The first-order valence-corrected chi connectivity index (χ1v) is 13.8. The molecule has 2 saturated heterocycles. The summed E-state index contributed by atoms with van der Waals surface area (Å²) in [5, 5.41) is 7.77. The normalized spacial score (nSPS) is 17.2. The lowest BCUT2D eigenvalue weighted by Crippen LogP contribution is -2.38. The van der Waals surface area contributed by atoms with Gasteiger partial charge in [-0.3, -0.25) is 24.9 Å². The number of hydrogen-bond acceptors (Lipinski definition) is 9. The summed E-state index contributed by atoms with van der Waals surface area (Å²) in [6.07, 6.45) is 9.10. The van der Waals surface area contributed by atoms with Crippen LogP contribution in [0.4, 0.5) is 10.7 Å². The fourth-order valence-corrected chi connectivity index (χ4v) is 5.63. The van der Waals surface area contributed by atoms with Crippen molar-refractivity contribution < 1.29 is 9.59 Å². The van der Waals surface area contributed by atoms with Crippen molar-refractivity contribution in [1.29, 1.82) is 0 Å². The zero-order valence-electron chi connectivity index (χ0n) is 21.2. The van der Waals surface area contributed by atoms with E-state index in [0.717, 1.165) is 72.0 Å². The second kappa shape index (κ2) is 11.3. The lowest BCUT2D eigenvalue weighted by atomic mass is 9.97. The van der Waals surface area contributed by atoms with Gasteiger partial charge in [0.1, 0.15) is 0 Å². The minimum absolute atomic E-state index is 0.351. The number of pyridine rings is 2. The smallest absolute Gasteiger partial charge is 0.290 e. The zero-order chi connectivity index (χ0) is 26.6. The Hall–Kier alpha value is -4.15. The molecule has 2 N–H and O–H groups in total. The van der Waals surface area contributed by atoms with Crippen LogP contribution in [-0.4, -0.2) is 50.7 Å². The quantitative estimate of drug-likeness (QED) is 0.331. The monoisotopic (exact) mass is 537 g/mol. The molecule has 2 amide bonds. The van der Waals surface area contributed by atoms with Gasteiger partial charge in [0.25, 0.3) is 11.1 Å². The van der Waals surface area contributed by atoms with E-state index in [4.69, 9.17) is 4.98 Å². The van der Waals surface area contributed by atoms with Crippen molar-refractivity contribution in [2.24, 2.45) is 5.92 Å². The van der Waals surface area contributed by atoms with Crippen molar-refractivity contribution in [2.45, 2.75) is 19.4 Å². The third-order valence-corrected chi connectivity index (χ3v) is 7.80. The number of rotatable bonds is 7. The van der Waals surface area contributed by atoms with Gasteiger partial charge in [0.05, 0.1) is 22.0 Å². The molecular formula is C29H27N7O2S. The summed E-state index contributed by atoms with van der Waals surface area (Å²) in [6, 6.07) is 16.2. The van der Waals surface area contributed by atoms with E-state index < -0.39 is 0 Å². The van der Waals surface area contributed by atoms with Gasteiger partial charge in [-0.2, -0.15) is 0 Å². The van der Waals surface area contributed by atoms with Gasteiger partial charge in [-0.15, -0.1) is 0 Å². The number of piperidine rings is 1. The van der Waals surface area contributed by atoms with Crippen LogP contribution in [0.2, 0.25) is 0 Å². The van der Waals surface area contributed by atoms with E-state index in [-0.39, 0.29) is 11.1 Å². The highest BCUT2D eigenvalue weighted by atomic mass is 32.2. The second-order valence-electron chi connectivity index (χ2n) is 9.61. The van der Waals surface area contributed by atoms with E-state index in [0.29, 0.717) is 29.0 Å². The fraction of sp³-hybridized carbons (Fsp3) is 0.241. The molecule has 2 aliphatic rings. The summed E-state index contributed by atoms with van der Waals surface area (Å²) in [4.78, 5) is 44.0. The Morgan fingerprint density at radius 2 is 1.90 bits per heavy atom. The molecule has 2 fully saturated rings. The Bertz CT molecular complexity index is 1560. The fourth-order valence-electron chi connectivity index (χ4n) is 4.97. The Labute approximate surface area is 230 Å². The SMILES string of the molecule is O=C1NC(=O)/C(=C/c2ccnc(N3CCC(CNCc4cccc(-c5cccc6cnccc56)n4)CC3)n2)S1. The minimum Gasteiger partial charge on any atom is -0.341 e. The highest BCUT2D eigenvalue weighted by molar-refractivity contribution is 8.18. The molecule has 2 aliphatic heterocycles. The number of amides is 2. The molecule has 0 unspecified atom stereocenters. The highest BCUT2D eigenvalue weighted by Crippen LogP contribution is 2.28. The maximum Gasteiger partial charge on any atom is 0.290 e. The van der Waals surface area contributed by atoms with E-state index >= 15 is 0 Å². The maximum absolute atomic E-state index is 11.8. The van der Waals surface area contributed by atoms with Crippen LogP contribution in [0.25, 0.3) is 28.1 Å². The molecule has 0 atom stereocenters. The number of carbonyl (C=O) groups is 2. The van der Waals surface area contributed by atoms with E-state index in [9.17, 15) is 9.59 Å². The van der Waals surface area contributed by atoms with Gasteiger partial charge in [0, 0.05) is 49.2 Å². The van der Waals surface area contributed by atoms with Crippen molar-refractivity contribution in [1.82, 2.24) is 30.6 Å². The van der Waals surface area contributed by atoms with Gasteiger partial charge in [-0.05, 0) is 72.8 Å². The first-order chi connectivity index (χ1) is 19.1. The third kappa shape index (κ3) is 5.81. The van der Waals surface area contributed by atoms with Crippen molar-refractivity contribution in [3.05, 3.63) is 83.4 Å². The summed E-state index contributed by atoms with van der Waals surface area (Å²) in [6.45, 7) is 3.37. The average Bonchev–Trinajstić information content (AvgIpc) is 3.29. The van der Waals surface area contributed by atoms with Gasteiger partial charge in [0.15, 0.2) is 0 Å². The Morgan fingerprint density at radius 1 is 1.03 bits per heavy atom. The van der Waals surface area contributed by atoms with Crippen LogP contribution in [0.1, 0.15) is 24.2 Å². The predicted molar refractivity (Wildman–Crippen MR) is 153 cm³/mol. The number of fused-ring (bicyclic) bond motifs is 1. The van der Waals surface area contributed by atoms with Gasteiger partial charge in [-0.1, -0.05) is 24.3 Å². The van der Waals surface area contributed by atoms with Crippen LogP contribution >= 0.6 is 11.8 Å². The zero-order valence-corrected chi connectivity index (χ0v) is 22.0. The van der Waals surface area contributed by atoms with Crippen molar-refractivity contribution >= 4 is 45.7 Å². The molecule has 3 aromatic heterocycles. The van der Waals surface area contributed by atoms with Crippen LogP contribution < -0.4 is 15.5 Å². The molecule has 0 saturated carbocycles. The molecule has 9 nitrogen and oxygen atoms in total. The van der Waals surface area contributed by atoms with Gasteiger partial charge in [-0.25, -0.2) is 9.97 Å². The number of benzene rings is 1. The molecule has 5 heterocycles. The van der Waals surface area contributed by atoms with Crippen LogP contribution in [0.3, 0.4) is 0 Å². The number of imide groups is 1. The molecule has 0 spiro atoms. The van der Waals surface area contributed by atoms with E-state index in [2.05, 4.69) is 60.8 Å². The van der Waals surface area contributed by atoms with Crippen LogP contribution in [0.5, 0.6) is 0 Å². The highest BCUT2D eigenvalue weighted by Gasteiger charge is 2.25. The summed E-state index contributed by atoms with van der Waals surface area (Å²) in [7, 11) is 0. The molecule has 4 aromatic rings. The average molecular weight is 538 g/mol. The number of thioether (sulfide) groups is 1. The second-order valence-corrected chi connectivity index (χ2v) is 10.6. The third-order valence-electron chi connectivity index (χ3n) is 6.99. The summed E-state index contributed by atoms with van der Waals surface area (Å²) < 4.78 is 0. The summed E-state index contributed by atoms with van der Waals surface area (Å²) in [5.41, 5.74) is 3.72. The maximum atomic E-state index is 11.8. The molecule has 39 heavy (non-hydrogen) atoms. The van der Waals surface area contributed by atoms with Gasteiger partial charge >= 0.3 is 0 Å². The van der Waals surface area contributed by atoms with Crippen LogP contribution in [-0.2, 0) is 11.3 Å². The van der Waals surface area contributed by atoms with Crippen molar-refractivity contribution in [3.63, 3.8) is 0 Å². The molecule has 0 aliphatic carbocycles. The number of carbonyl (C=O) groups excluding carboxylic acids is 2. The molecular weight excluding hydrogens is 510 g/mol. The van der Waals surface area contributed by atoms with Gasteiger partial charge < -0.3 is 10.2 Å². The number of anilines is 1. The summed E-state index contributed by atoms with van der Waals surface area (Å²) in [5.74, 6) is 0.826. The lowest BCUT2D eigenvalue weighted by molar-refractivity contribution is -0.115. The molecule has 10 heteroatoms. The van der Waals surface area contributed by atoms with Crippen molar-refractivity contribution in [2.75, 3.05) is 24.5 Å². The lowest BCUT2D eigenvalue weighted by Gasteiger charge is -2.32. The van der Waals surface area contributed by atoms with Crippen LogP contribution in [0.15, 0.2) is 72.0 Å². The Morgan fingerprint density at radius 3 is 2.74 bits per heavy atom. The minimum atomic E-state index is -0.383. The van der Waals surface area contributed by atoms with Gasteiger partial charge in [0.2, 0.25) is 5.95 Å². The molecule has 0 radical (unpaired) electrons. The summed E-state index contributed by atoms with van der Waals surface area (Å²) >= 11 is 0.890. The van der Waals surface area contributed by atoms with Crippen molar-refractivity contribution in [3.8, 4) is 11.3 Å². The first kappa shape index (κ1) is 25.1. The predicted octanol–water partition coefficient (Wildman–Crippen LogP) is 4.42. The largest absolute Gasteiger partial charge is 0.341 e. The van der Waals surface area contributed by atoms with E-state index in [1.54, 1.807) is 18.3 Å². The number of aromatic nitrogens is 4. The number of nitrogens with one attached hydrogen (secondary N) is 2. The van der Waals surface area contributed by atoms with E-state index in [1.165, 1.54) is 0 Å². The molecule has 196 valence electrons. The van der Waals surface area contributed by atoms with E-state index in [1.807, 2.05) is 24.5 Å². The molecule has 6 rings (SSSR count). The topological polar surface area (TPSA) is 113 Å². The number of nitrogens with zero attached hydrogens (tertiary/aromatic N) is 5. The first-order valence-electron chi connectivity index (χ1n) is 12.9. The number of hydrogen-bond donors (Lipinski definition) is 2. The molecule has 0 bridgehead atoms. The van der Waals surface area contributed by atoms with Crippen LogP contribution in [0, 0.1) is 5.92 Å². The Balaban J connectivity index is 1.02.